The lowest BCUT2D eigenvalue weighted by molar-refractivity contribution is 0.0807. The summed E-state index contributed by atoms with van der Waals surface area (Å²) in [4.78, 5) is 6.84. The fourth-order valence-electron chi connectivity index (χ4n) is 3.07. The van der Waals surface area contributed by atoms with E-state index >= 15 is 0 Å². The topological polar surface area (TPSA) is 62.4 Å². The fourth-order valence-corrected chi connectivity index (χ4v) is 4.38. The molecule has 5 nitrogen and oxygen atoms in total. The van der Waals surface area contributed by atoms with Crippen molar-refractivity contribution in [3.8, 4) is 0 Å². The van der Waals surface area contributed by atoms with Crippen LogP contribution in [0.3, 0.4) is 0 Å². The molecule has 1 aromatic heterocycles. The number of aliphatic hydroxyl groups is 1. The number of aryl methyl sites for hydroxylation is 1. The van der Waals surface area contributed by atoms with Gasteiger partial charge in [0, 0.05) is 30.0 Å². The van der Waals surface area contributed by atoms with Crippen molar-refractivity contribution in [1.29, 1.82) is 0 Å². The molecule has 130 valence electrons. The van der Waals surface area contributed by atoms with E-state index < -0.39 is 0 Å². The van der Waals surface area contributed by atoms with Crippen LogP contribution in [0.2, 0.25) is 0 Å². The highest BCUT2D eigenvalue weighted by Crippen LogP contribution is 2.33. The van der Waals surface area contributed by atoms with Gasteiger partial charge in [0.25, 0.3) is 0 Å². The summed E-state index contributed by atoms with van der Waals surface area (Å²) in [6.07, 6.45) is 3.06. The second-order valence-electron chi connectivity index (χ2n) is 6.18. The van der Waals surface area contributed by atoms with Crippen LogP contribution in [0.25, 0.3) is 0 Å². The van der Waals surface area contributed by atoms with Crippen molar-refractivity contribution < 1.29 is 9.63 Å². The smallest absolute Gasteiger partial charge is 0.240 e. The van der Waals surface area contributed by atoms with Crippen LogP contribution >= 0.6 is 11.8 Å². The van der Waals surface area contributed by atoms with Crippen molar-refractivity contribution in [2.45, 2.75) is 44.8 Å². The Kier molecular flexibility index (Phi) is 6.29. The van der Waals surface area contributed by atoms with Gasteiger partial charge in [-0.15, -0.1) is 0 Å². The van der Waals surface area contributed by atoms with E-state index in [0.29, 0.717) is 12.4 Å². The maximum absolute atomic E-state index is 9.80. The average Bonchev–Trinajstić information content (AvgIpc) is 3.08. The standard InChI is InChI=1S/C18H25N3O2S/c1-2-3-9-17-19-18(23-20-17)10-21-15(11-22)12-24-13-16(21)14-7-5-4-6-8-14/h4-8,15-16,22H,2-3,9-13H2,1H3/t15-,16-/m1/s1. The van der Waals surface area contributed by atoms with E-state index in [1.54, 1.807) is 0 Å². The number of thioether (sulfide) groups is 1. The number of unbranched alkanes of at least 4 members (excludes halogenated alkanes) is 1. The van der Waals surface area contributed by atoms with Crippen molar-refractivity contribution >= 4 is 11.8 Å². The first kappa shape index (κ1) is 17.5. The first-order chi connectivity index (χ1) is 11.8. The third-order valence-electron chi connectivity index (χ3n) is 4.43. The molecule has 1 N–H and O–H groups in total. The van der Waals surface area contributed by atoms with Gasteiger partial charge >= 0.3 is 0 Å². The number of hydrogen-bond acceptors (Lipinski definition) is 6. The molecule has 1 fully saturated rings. The van der Waals surface area contributed by atoms with Gasteiger partial charge in [-0.1, -0.05) is 48.8 Å². The highest BCUT2D eigenvalue weighted by Gasteiger charge is 2.32. The van der Waals surface area contributed by atoms with Gasteiger partial charge < -0.3 is 9.63 Å². The van der Waals surface area contributed by atoms with Crippen LogP contribution in [0.15, 0.2) is 34.9 Å². The van der Waals surface area contributed by atoms with E-state index in [1.165, 1.54) is 5.56 Å². The Balaban J connectivity index is 1.76. The van der Waals surface area contributed by atoms with Crippen LogP contribution < -0.4 is 0 Å². The van der Waals surface area contributed by atoms with Crippen molar-refractivity contribution in [1.82, 2.24) is 15.0 Å². The third-order valence-corrected chi connectivity index (χ3v) is 5.60. The van der Waals surface area contributed by atoms with E-state index in [9.17, 15) is 5.11 Å². The molecule has 1 saturated heterocycles. The van der Waals surface area contributed by atoms with Gasteiger partial charge in [-0.3, -0.25) is 4.90 Å². The molecule has 2 aromatic rings. The number of nitrogens with zero attached hydrogens (tertiary/aromatic N) is 3. The number of benzene rings is 1. The maximum atomic E-state index is 9.80. The van der Waals surface area contributed by atoms with E-state index in [2.05, 4.69) is 46.2 Å². The minimum atomic E-state index is 0.111. The van der Waals surface area contributed by atoms with Gasteiger partial charge in [-0.2, -0.15) is 16.7 Å². The zero-order chi connectivity index (χ0) is 16.8. The molecule has 0 radical (unpaired) electrons. The largest absolute Gasteiger partial charge is 0.395 e. The number of aromatic nitrogens is 2. The molecule has 24 heavy (non-hydrogen) atoms. The molecule has 0 spiro atoms. The van der Waals surface area contributed by atoms with Gasteiger partial charge in [0.1, 0.15) is 0 Å². The highest BCUT2D eigenvalue weighted by molar-refractivity contribution is 7.99. The summed E-state index contributed by atoms with van der Waals surface area (Å²) < 4.78 is 5.45. The maximum Gasteiger partial charge on any atom is 0.240 e. The van der Waals surface area contributed by atoms with E-state index in [4.69, 9.17) is 4.52 Å². The van der Waals surface area contributed by atoms with Crippen LogP contribution in [0.1, 0.15) is 43.1 Å². The minimum absolute atomic E-state index is 0.111. The molecule has 0 bridgehead atoms. The molecule has 0 aliphatic carbocycles. The summed E-state index contributed by atoms with van der Waals surface area (Å²) >= 11 is 1.89. The Morgan fingerprint density at radius 2 is 2.12 bits per heavy atom. The molecule has 1 aromatic carbocycles. The normalized spacial score (nSPS) is 21.9. The molecular formula is C18H25N3O2S. The Morgan fingerprint density at radius 3 is 2.88 bits per heavy atom. The van der Waals surface area contributed by atoms with Crippen molar-refractivity contribution in [2.24, 2.45) is 0 Å². The molecule has 1 aliphatic heterocycles. The van der Waals surface area contributed by atoms with Gasteiger partial charge in [0.2, 0.25) is 5.89 Å². The molecule has 2 heterocycles. The quantitative estimate of drug-likeness (QED) is 0.830. The number of aliphatic hydroxyl groups excluding tert-OH is 1. The first-order valence-electron chi connectivity index (χ1n) is 8.62. The molecule has 0 unspecified atom stereocenters. The predicted molar refractivity (Wildman–Crippen MR) is 95.8 cm³/mol. The van der Waals surface area contributed by atoms with E-state index in [-0.39, 0.29) is 18.7 Å². The molecule has 3 rings (SSSR count). The SMILES string of the molecule is CCCCc1noc(CN2[C@H](CO)CSC[C@@H]2c2ccccc2)n1. The lowest BCUT2D eigenvalue weighted by Crippen LogP contribution is -2.46. The number of hydrogen-bond donors (Lipinski definition) is 1. The van der Waals surface area contributed by atoms with Crippen LogP contribution in [0.4, 0.5) is 0 Å². The van der Waals surface area contributed by atoms with Gasteiger partial charge in [-0.05, 0) is 12.0 Å². The summed E-state index contributed by atoms with van der Waals surface area (Å²) in [6, 6.07) is 10.8. The zero-order valence-electron chi connectivity index (χ0n) is 14.1. The Hall–Kier alpha value is -1.37. The van der Waals surface area contributed by atoms with Crippen LogP contribution in [0.5, 0.6) is 0 Å². The fraction of sp³-hybridized carbons (Fsp3) is 0.556. The second-order valence-corrected chi connectivity index (χ2v) is 7.26. The summed E-state index contributed by atoms with van der Waals surface area (Å²) in [5, 5.41) is 13.9. The lowest BCUT2D eigenvalue weighted by atomic mass is 10.0. The predicted octanol–water partition coefficient (Wildman–Crippen LogP) is 3.06. The highest BCUT2D eigenvalue weighted by atomic mass is 32.2. The molecule has 0 saturated carbocycles. The van der Waals surface area contributed by atoms with Crippen molar-refractivity contribution in [2.75, 3.05) is 18.1 Å². The summed E-state index contributed by atoms with van der Waals surface area (Å²) in [7, 11) is 0. The zero-order valence-corrected chi connectivity index (χ0v) is 14.9. The van der Waals surface area contributed by atoms with Gasteiger partial charge in [0.05, 0.1) is 13.2 Å². The van der Waals surface area contributed by atoms with Crippen LogP contribution in [-0.4, -0.2) is 44.3 Å². The Bertz CT molecular complexity index is 620. The van der Waals surface area contributed by atoms with Gasteiger partial charge in [-0.25, -0.2) is 0 Å². The summed E-state index contributed by atoms with van der Waals surface area (Å²) in [6.45, 7) is 2.89. The van der Waals surface area contributed by atoms with Crippen molar-refractivity contribution in [3.63, 3.8) is 0 Å². The minimum Gasteiger partial charge on any atom is -0.395 e. The molecule has 6 heteroatoms. The molecule has 2 atom stereocenters. The Morgan fingerprint density at radius 1 is 1.29 bits per heavy atom. The van der Waals surface area contributed by atoms with E-state index in [1.807, 2.05) is 17.8 Å². The summed E-state index contributed by atoms with van der Waals surface area (Å²) in [5.74, 6) is 3.37. The third kappa shape index (κ3) is 4.18. The Labute approximate surface area is 147 Å². The van der Waals surface area contributed by atoms with Crippen LogP contribution in [0, 0.1) is 0 Å². The second kappa shape index (κ2) is 8.65. The molecular weight excluding hydrogens is 322 g/mol. The van der Waals surface area contributed by atoms with E-state index in [0.717, 1.165) is 36.6 Å². The summed E-state index contributed by atoms with van der Waals surface area (Å²) in [5.41, 5.74) is 1.27. The van der Waals surface area contributed by atoms with Crippen molar-refractivity contribution in [3.05, 3.63) is 47.6 Å². The van der Waals surface area contributed by atoms with Crippen LogP contribution in [-0.2, 0) is 13.0 Å². The molecule has 0 amide bonds. The lowest BCUT2D eigenvalue weighted by Gasteiger charge is -2.40. The first-order valence-corrected chi connectivity index (χ1v) is 9.78. The monoisotopic (exact) mass is 347 g/mol. The number of rotatable bonds is 7. The van der Waals surface area contributed by atoms with Gasteiger partial charge in [0.15, 0.2) is 5.82 Å². The average molecular weight is 347 g/mol. The molecule has 1 aliphatic rings.